The van der Waals surface area contributed by atoms with E-state index in [2.05, 4.69) is 6.92 Å². The van der Waals surface area contributed by atoms with Gasteiger partial charge in [0.05, 0.1) is 19.1 Å². The normalized spacial score (nSPS) is 14.1. The van der Waals surface area contributed by atoms with Crippen LogP contribution in [-0.4, -0.2) is 18.2 Å². The lowest BCUT2D eigenvalue weighted by molar-refractivity contribution is -0.150. The van der Waals surface area contributed by atoms with Gasteiger partial charge in [-0.05, 0) is 12.0 Å². The number of benzene rings is 1. The average molecular weight is 236 g/mol. The lowest BCUT2D eigenvalue weighted by atomic mass is 9.91. The van der Waals surface area contributed by atoms with Gasteiger partial charge >= 0.3 is 5.97 Å². The number of carbonyl (C=O) groups is 1. The fourth-order valence-corrected chi connectivity index (χ4v) is 1.86. The van der Waals surface area contributed by atoms with E-state index in [0.29, 0.717) is 6.42 Å². The van der Waals surface area contributed by atoms with Crippen LogP contribution >= 0.6 is 0 Å². The zero-order valence-corrected chi connectivity index (χ0v) is 10.4. The first-order chi connectivity index (χ1) is 8.20. The van der Waals surface area contributed by atoms with Gasteiger partial charge in [0.15, 0.2) is 0 Å². The molecule has 1 rings (SSSR count). The first-order valence-corrected chi connectivity index (χ1v) is 6.01. The lowest BCUT2D eigenvalue weighted by Gasteiger charge is -2.20. The van der Waals surface area contributed by atoms with Gasteiger partial charge in [-0.2, -0.15) is 0 Å². The maximum atomic E-state index is 11.7. The number of hydrogen-bond donors (Lipinski definition) is 1. The molecule has 0 amide bonds. The molecule has 0 bridgehead atoms. The van der Waals surface area contributed by atoms with E-state index in [4.69, 9.17) is 4.74 Å². The van der Waals surface area contributed by atoms with E-state index in [1.54, 1.807) is 0 Å². The molecule has 0 aliphatic rings. The molecule has 3 heteroatoms. The van der Waals surface area contributed by atoms with Gasteiger partial charge in [0, 0.05) is 0 Å². The summed E-state index contributed by atoms with van der Waals surface area (Å²) in [4.78, 5) is 11.7. The number of aliphatic hydroxyl groups is 1. The molecular weight excluding hydrogens is 216 g/mol. The predicted octanol–water partition coefficient (Wildman–Crippen LogP) is 2.70. The smallest absolute Gasteiger partial charge is 0.311 e. The molecule has 0 aliphatic heterocycles. The van der Waals surface area contributed by atoms with Gasteiger partial charge in [0.25, 0.3) is 0 Å². The van der Waals surface area contributed by atoms with Crippen LogP contribution in [-0.2, 0) is 9.53 Å². The zero-order chi connectivity index (χ0) is 12.7. The highest BCUT2D eigenvalue weighted by atomic mass is 16.5. The highest BCUT2D eigenvalue weighted by Gasteiger charge is 2.28. The standard InChI is InChI=1S/C14H20O3/c1-3-4-10-12(14(16)17-2)13(15)11-8-6-5-7-9-11/h5-9,12-13,15H,3-4,10H2,1-2H3. The summed E-state index contributed by atoms with van der Waals surface area (Å²) in [5.74, 6) is -0.808. The third kappa shape index (κ3) is 3.86. The largest absolute Gasteiger partial charge is 0.469 e. The summed E-state index contributed by atoms with van der Waals surface area (Å²) in [5, 5.41) is 10.2. The van der Waals surface area contributed by atoms with Crippen molar-refractivity contribution in [1.82, 2.24) is 0 Å². The minimum absolute atomic E-state index is 0.338. The molecule has 94 valence electrons. The Bertz CT molecular complexity index is 335. The van der Waals surface area contributed by atoms with Gasteiger partial charge in [0.1, 0.15) is 0 Å². The number of ether oxygens (including phenoxy) is 1. The van der Waals surface area contributed by atoms with Crippen molar-refractivity contribution in [3.05, 3.63) is 35.9 Å². The van der Waals surface area contributed by atoms with Crippen molar-refractivity contribution >= 4 is 5.97 Å². The maximum absolute atomic E-state index is 11.7. The molecule has 0 fully saturated rings. The van der Waals surface area contributed by atoms with Crippen LogP contribution in [0.3, 0.4) is 0 Å². The van der Waals surface area contributed by atoms with E-state index in [-0.39, 0.29) is 5.97 Å². The molecule has 3 nitrogen and oxygen atoms in total. The highest BCUT2D eigenvalue weighted by Crippen LogP contribution is 2.27. The van der Waals surface area contributed by atoms with Gasteiger partial charge in [-0.3, -0.25) is 4.79 Å². The fourth-order valence-electron chi connectivity index (χ4n) is 1.86. The Labute approximate surface area is 102 Å². The minimum Gasteiger partial charge on any atom is -0.469 e. The first-order valence-electron chi connectivity index (χ1n) is 6.01. The number of unbranched alkanes of at least 4 members (excludes halogenated alkanes) is 1. The number of rotatable bonds is 6. The summed E-state index contributed by atoms with van der Waals surface area (Å²) in [7, 11) is 1.36. The Morgan fingerprint density at radius 2 is 2.00 bits per heavy atom. The fraction of sp³-hybridized carbons (Fsp3) is 0.500. The third-order valence-corrected chi connectivity index (χ3v) is 2.89. The molecule has 0 saturated heterocycles. The second-order valence-electron chi connectivity index (χ2n) is 4.13. The summed E-state index contributed by atoms with van der Waals surface area (Å²) in [6.07, 6.45) is 1.77. The van der Waals surface area contributed by atoms with Crippen LogP contribution in [0.15, 0.2) is 30.3 Å². The molecule has 0 aliphatic carbocycles. The second-order valence-corrected chi connectivity index (χ2v) is 4.13. The van der Waals surface area contributed by atoms with Gasteiger partial charge in [-0.1, -0.05) is 50.1 Å². The molecule has 0 spiro atoms. The van der Waals surface area contributed by atoms with Gasteiger partial charge in [-0.25, -0.2) is 0 Å². The Morgan fingerprint density at radius 1 is 1.35 bits per heavy atom. The van der Waals surface area contributed by atoms with E-state index in [0.717, 1.165) is 18.4 Å². The van der Waals surface area contributed by atoms with Crippen LogP contribution in [0.2, 0.25) is 0 Å². The van der Waals surface area contributed by atoms with Crippen molar-refractivity contribution in [1.29, 1.82) is 0 Å². The highest BCUT2D eigenvalue weighted by molar-refractivity contribution is 5.73. The van der Waals surface area contributed by atoms with E-state index >= 15 is 0 Å². The summed E-state index contributed by atoms with van der Waals surface area (Å²) in [6.45, 7) is 2.06. The molecule has 0 aromatic heterocycles. The number of methoxy groups -OCH3 is 1. The van der Waals surface area contributed by atoms with Crippen LogP contribution in [0.4, 0.5) is 0 Å². The quantitative estimate of drug-likeness (QED) is 0.772. The molecule has 1 aromatic rings. The van der Waals surface area contributed by atoms with E-state index in [1.165, 1.54) is 7.11 Å². The third-order valence-electron chi connectivity index (χ3n) is 2.89. The van der Waals surface area contributed by atoms with Gasteiger partial charge < -0.3 is 9.84 Å². The van der Waals surface area contributed by atoms with Crippen LogP contribution in [0.25, 0.3) is 0 Å². The van der Waals surface area contributed by atoms with E-state index in [1.807, 2.05) is 30.3 Å². The van der Waals surface area contributed by atoms with Crippen LogP contribution in [0.5, 0.6) is 0 Å². The topological polar surface area (TPSA) is 46.5 Å². The Kier molecular flexibility index (Phi) is 5.70. The predicted molar refractivity (Wildman–Crippen MR) is 66.4 cm³/mol. The Balaban J connectivity index is 2.78. The summed E-state index contributed by atoms with van der Waals surface area (Å²) in [5.41, 5.74) is 0.763. The van der Waals surface area contributed by atoms with Crippen molar-refractivity contribution in [2.24, 2.45) is 5.92 Å². The second kappa shape index (κ2) is 7.07. The Morgan fingerprint density at radius 3 is 2.53 bits per heavy atom. The molecule has 0 saturated carbocycles. The monoisotopic (exact) mass is 236 g/mol. The molecule has 0 heterocycles. The molecule has 1 aromatic carbocycles. The van der Waals surface area contributed by atoms with Gasteiger partial charge in [0.2, 0.25) is 0 Å². The number of aliphatic hydroxyl groups excluding tert-OH is 1. The molecule has 1 N–H and O–H groups in total. The molecular formula is C14H20O3. The minimum atomic E-state index is -0.782. The molecule has 2 atom stereocenters. The van der Waals surface area contributed by atoms with Crippen molar-refractivity contribution < 1.29 is 14.6 Å². The summed E-state index contributed by atoms with van der Waals surface area (Å²) in [6, 6.07) is 9.24. The number of hydrogen-bond acceptors (Lipinski definition) is 3. The summed E-state index contributed by atoms with van der Waals surface area (Å²) >= 11 is 0. The van der Waals surface area contributed by atoms with Crippen molar-refractivity contribution in [3.63, 3.8) is 0 Å². The van der Waals surface area contributed by atoms with Crippen LogP contribution in [0, 0.1) is 5.92 Å². The SMILES string of the molecule is CCCCC(C(=O)OC)C(O)c1ccccc1. The lowest BCUT2D eigenvalue weighted by Crippen LogP contribution is -2.23. The molecule has 0 radical (unpaired) electrons. The Hall–Kier alpha value is -1.35. The van der Waals surface area contributed by atoms with Crippen molar-refractivity contribution in [2.45, 2.75) is 32.3 Å². The van der Waals surface area contributed by atoms with Crippen molar-refractivity contribution in [3.8, 4) is 0 Å². The summed E-state index contributed by atoms with van der Waals surface area (Å²) < 4.78 is 4.75. The number of carbonyl (C=O) groups excluding carboxylic acids is 1. The van der Waals surface area contributed by atoms with E-state index < -0.39 is 12.0 Å². The molecule has 17 heavy (non-hydrogen) atoms. The van der Waals surface area contributed by atoms with Crippen LogP contribution in [0.1, 0.15) is 37.9 Å². The zero-order valence-electron chi connectivity index (χ0n) is 10.4. The van der Waals surface area contributed by atoms with Crippen LogP contribution < -0.4 is 0 Å². The van der Waals surface area contributed by atoms with Gasteiger partial charge in [-0.15, -0.1) is 0 Å². The maximum Gasteiger partial charge on any atom is 0.311 e. The molecule has 2 unspecified atom stereocenters. The number of esters is 1. The van der Waals surface area contributed by atoms with E-state index in [9.17, 15) is 9.90 Å². The first kappa shape index (κ1) is 13.7. The van der Waals surface area contributed by atoms with Crippen molar-refractivity contribution in [2.75, 3.05) is 7.11 Å². The average Bonchev–Trinajstić information content (AvgIpc) is 2.39.